The van der Waals surface area contributed by atoms with Crippen molar-refractivity contribution >= 4 is 43.8 Å². The molecule has 2 fully saturated rings. The lowest BCUT2D eigenvalue weighted by molar-refractivity contribution is -0.140. The summed E-state index contributed by atoms with van der Waals surface area (Å²) in [5.74, 6) is 1.20. The summed E-state index contributed by atoms with van der Waals surface area (Å²) in [5, 5.41) is 2.08. The highest BCUT2D eigenvalue weighted by Crippen LogP contribution is 2.64. The number of hydrogen-bond acceptors (Lipinski definition) is 6. The summed E-state index contributed by atoms with van der Waals surface area (Å²) in [4.78, 5) is 37.3. The van der Waals surface area contributed by atoms with Gasteiger partial charge in [-0.2, -0.15) is 0 Å². The smallest absolute Gasteiger partial charge is 0.326 e. The molecule has 0 saturated heterocycles. The lowest BCUT2D eigenvalue weighted by atomic mass is 9.79. The molecule has 2 N–H and O–H groups in total. The minimum absolute atomic E-state index is 0.0442. The van der Waals surface area contributed by atoms with Crippen LogP contribution in [0.1, 0.15) is 55.2 Å². The molecule has 0 unspecified atom stereocenters. The monoisotopic (exact) mass is 724 g/mol. The Labute approximate surface area is 310 Å². The summed E-state index contributed by atoms with van der Waals surface area (Å²) in [5.41, 5.74) is 4.99. The largest absolute Gasteiger partial charge is 0.425 e. The molecule has 52 heavy (non-hydrogen) atoms. The molecule has 2 heterocycles. The number of esters is 2. The Balaban J connectivity index is 0.000000181. The van der Waals surface area contributed by atoms with Crippen LogP contribution < -0.4 is 9.47 Å². The first-order chi connectivity index (χ1) is 24.8. The van der Waals surface area contributed by atoms with Gasteiger partial charge in [0.15, 0.2) is 0 Å². The van der Waals surface area contributed by atoms with Crippen LogP contribution >= 0.6 is 10.0 Å². The fraction of sp³-hybridized carbons (Fsp3) is 0.442. The summed E-state index contributed by atoms with van der Waals surface area (Å²) in [6.07, 6.45) is 18.3. The second kappa shape index (κ2) is 15.5. The molecule has 8 nitrogen and oxygen atoms in total. The van der Waals surface area contributed by atoms with Crippen molar-refractivity contribution < 1.29 is 19.1 Å². The van der Waals surface area contributed by atoms with Crippen molar-refractivity contribution in [3.63, 3.8) is 0 Å². The van der Waals surface area contributed by atoms with E-state index in [9.17, 15) is 9.59 Å². The number of rotatable bonds is 12. The van der Waals surface area contributed by atoms with Gasteiger partial charge < -0.3 is 29.2 Å². The molecule has 2 saturated carbocycles. The molecule has 5 aromatic rings. The topological polar surface area (TPSA) is 90.7 Å². The number of fused-ring (bicyclic) bond motifs is 2. The molecule has 0 aliphatic heterocycles. The molecule has 7 rings (SSSR count). The zero-order valence-corrected chi connectivity index (χ0v) is 32.8. The van der Waals surface area contributed by atoms with Gasteiger partial charge in [0.2, 0.25) is 0 Å². The van der Waals surface area contributed by atoms with Crippen molar-refractivity contribution in [2.24, 2.45) is 0 Å². The number of carbonyl (C=O) groups is 2. The first-order valence-corrected chi connectivity index (χ1v) is 21.4. The number of aromatic nitrogens is 2. The lowest BCUT2D eigenvalue weighted by Gasteiger charge is -2.34. The highest BCUT2D eigenvalue weighted by Gasteiger charge is 2.57. The number of benzene rings is 3. The maximum atomic E-state index is 13.4. The Morgan fingerprint density at radius 1 is 0.654 bits per heavy atom. The molecule has 278 valence electrons. The van der Waals surface area contributed by atoms with Gasteiger partial charge in [-0.25, -0.2) is 10.0 Å². The Hall–Kier alpha value is -4.05. The summed E-state index contributed by atoms with van der Waals surface area (Å²) >= 11 is 0. The predicted molar refractivity (Wildman–Crippen MR) is 216 cm³/mol. The van der Waals surface area contributed by atoms with Crippen LogP contribution in [0, 0.1) is 0 Å². The van der Waals surface area contributed by atoms with E-state index in [1.165, 1.54) is 11.1 Å². The Morgan fingerprint density at radius 2 is 1.13 bits per heavy atom. The lowest BCUT2D eigenvalue weighted by Crippen LogP contribution is -2.36. The van der Waals surface area contributed by atoms with Gasteiger partial charge in [-0.05, 0) is 126 Å². The summed E-state index contributed by atoms with van der Waals surface area (Å²) in [7, 11) is 7.30. The normalized spacial score (nSPS) is 16.6. The van der Waals surface area contributed by atoms with E-state index in [0.717, 1.165) is 91.8 Å². The van der Waals surface area contributed by atoms with E-state index in [1.54, 1.807) is 0 Å². The van der Waals surface area contributed by atoms with Crippen LogP contribution in [0.2, 0.25) is 0 Å². The first-order valence-electron chi connectivity index (χ1n) is 18.5. The molecule has 2 aromatic heterocycles. The van der Waals surface area contributed by atoms with Gasteiger partial charge in [-0.3, -0.25) is 9.59 Å². The van der Waals surface area contributed by atoms with Gasteiger partial charge in [-0.15, -0.1) is 0 Å². The average molecular weight is 725 g/mol. The van der Waals surface area contributed by atoms with Gasteiger partial charge in [-0.1, -0.05) is 55.3 Å². The Morgan fingerprint density at radius 3 is 1.58 bits per heavy atom. The molecule has 9 heteroatoms. The van der Waals surface area contributed by atoms with Crippen LogP contribution in [0.3, 0.4) is 0 Å². The molecule has 0 atom stereocenters. The van der Waals surface area contributed by atoms with E-state index in [1.807, 2.05) is 67.0 Å². The molecule has 0 bridgehead atoms. The van der Waals surface area contributed by atoms with Crippen LogP contribution in [0.4, 0.5) is 0 Å². The SMILES string of the molecule is CN(C)CCc1c[nH]c2cccc(OC(=O)C3(S(C)(C)C)CC3)c12.CN(C)CCc1c[nH]c2cccc(OC(=O)C3(c4ccccc4)CCCC3)c12. The number of ether oxygens (including phenoxy) is 2. The second-order valence-electron chi connectivity index (χ2n) is 15.9. The summed E-state index contributed by atoms with van der Waals surface area (Å²) in [6, 6.07) is 21.9. The van der Waals surface area contributed by atoms with Crippen molar-refractivity contribution in [1.29, 1.82) is 0 Å². The number of likely N-dealkylation sites (N-methyl/N-ethyl adjacent to an activating group) is 2. The molecular formula is C43H56N4O4S. The fourth-order valence-electron chi connectivity index (χ4n) is 7.61. The number of nitrogens with one attached hydrogen (secondary N) is 2. The minimum atomic E-state index is -0.971. The summed E-state index contributed by atoms with van der Waals surface area (Å²) in [6.45, 7) is 1.91. The van der Waals surface area contributed by atoms with Gasteiger partial charge in [0, 0.05) is 47.3 Å². The molecule has 0 radical (unpaired) electrons. The van der Waals surface area contributed by atoms with E-state index >= 15 is 0 Å². The van der Waals surface area contributed by atoms with E-state index < -0.39 is 15.4 Å². The third-order valence-corrected chi connectivity index (χ3v) is 13.9. The van der Waals surface area contributed by atoms with Crippen molar-refractivity contribution in [3.05, 3.63) is 95.8 Å². The number of nitrogens with zero attached hydrogens (tertiary/aromatic N) is 2. The Kier molecular flexibility index (Phi) is 11.2. The van der Waals surface area contributed by atoms with E-state index in [0.29, 0.717) is 11.5 Å². The van der Waals surface area contributed by atoms with E-state index in [2.05, 4.69) is 78.9 Å². The molecule has 3 aromatic carbocycles. The van der Waals surface area contributed by atoms with Crippen LogP contribution in [-0.4, -0.2) is 96.5 Å². The number of H-pyrrole nitrogens is 2. The highest BCUT2D eigenvalue weighted by molar-refractivity contribution is 8.33. The zero-order chi connectivity index (χ0) is 37.1. The maximum absolute atomic E-state index is 13.4. The third-order valence-electron chi connectivity index (χ3n) is 11.0. The van der Waals surface area contributed by atoms with Gasteiger partial charge in [0.1, 0.15) is 11.5 Å². The summed E-state index contributed by atoms with van der Waals surface area (Å²) < 4.78 is 11.8. The minimum Gasteiger partial charge on any atom is -0.425 e. The van der Waals surface area contributed by atoms with Gasteiger partial charge in [0.05, 0.1) is 10.2 Å². The van der Waals surface area contributed by atoms with Crippen molar-refractivity contribution in [1.82, 2.24) is 19.8 Å². The number of aromatic amines is 2. The molecule has 2 aliphatic carbocycles. The number of hydrogen-bond donors (Lipinski definition) is 2. The number of carbonyl (C=O) groups excluding carboxylic acids is 2. The van der Waals surface area contributed by atoms with Crippen LogP contribution in [0.25, 0.3) is 21.8 Å². The third kappa shape index (κ3) is 7.82. The average Bonchev–Trinajstić information content (AvgIpc) is 3.42. The van der Waals surface area contributed by atoms with E-state index in [-0.39, 0.29) is 16.7 Å². The van der Waals surface area contributed by atoms with Crippen molar-refractivity contribution in [2.45, 2.75) is 61.5 Å². The molecule has 2 aliphatic rings. The predicted octanol–water partition coefficient (Wildman–Crippen LogP) is 8.09. The quantitative estimate of drug-likeness (QED) is 0.0999. The standard InChI is InChI=1S/C24H28N2O2.C19H28N2O2S/c1-26(2)16-13-18-17-25-20-11-8-12-21(22(18)20)28-23(27)24(14-6-7-15-24)19-9-4-3-5-10-19;1-21(2)12-9-14-13-20-15-7-6-8-16(17(14)15)23-18(22)19(10-11-19)24(3,4)5/h3-5,8-12,17,25H,6-7,13-16H2,1-2H3;6-8,13,20H,9-12H2,1-5H3. The molecule has 0 amide bonds. The van der Waals surface area contributed by atoms with Crippen LogP contribution in [0.15, 0.2) is 79.1 Å². The van der Waals surface area contributed by atoms with Crippen LogP contribution in [0.5, 0.6) is 11.5 Å². The molecular weight excluding hydrogens is 669 g/mol. The van der Waals surface area contributed by atoms with Gasteiger partial charge in [0.25, 0.3) is 0 Å². The highest BCUT2D eigenvalue weighted by atomic mass is 32.3. The van der Waals surface area contributed by atoms with Crippen molar-refractivity contribution in [2.75, 3.05) is 60.0 Å². The van der Waals surface area contributed by atoms with Crippen LogP contribution in [-0.2, 0) is 27.8 Å². The second-order valence-corrected chi connectivity index (χ2v) is 20.3. The molecule has 0 spiro atoms. The first kappa shape index (κ1) is 37.7. The maximum Gasteiger partial charge on any atom is 0.326 e. The Bertz CT molecular complexity index is 2000. The zero-order valence-electron chi connectivity index (χ0n) is 32.0. The fourth-order valence-corrected chi connectivity index (χ4v) is 9.48. The van der Waals surface area contributed by atoms with Gasteiger partial charge >= 0.3 is 11.9 Å². The van der Waals surface area contributed by atoms with Crippen molar-refractivity contribution in [3.8, 4) is 11.5 Å². The van der Waals surface area contributed by atoms with E-state index in [4.69, 9.17) is 9.47 Å².